The van der Waals surface area contributed by atoms with Crippen molar-refractivity contribution in [2.75, 3.05) is 27.6 Å². The van der Waals surface area contributed by atoms with Crippen LogP contribution in [0.1, 0.15) is 44.2 Å². The molecule has 0 spiro atoms. The summed E-state index contributed by atoms with van der Waals surface area (Å²) in [7, 11) is 3.37. The number of fused-ring (bicyclic) bond motifs is 5. The molecule has 0 saturated heterocycles. The first-order chi connectivity index (χ1) is 17.0. The van der Waals surface area contributed by atoms with Crippen LogP contribution >= 0.6 is 0 Å². The van der Waals surface area contributed by atoms with Crippen LogP contribution in [-0.2, 0) is 25.9 Å². The molecule has 2 atom stereocenters. The molecule has 7 heteroatoms. The number of benzene rings is 3. The number of carbonyl (C=O) groups is 1. The van der Waals surface area contributed by atoms with Crippen molar-refractivity contribution < 1.29 is 33.3 Å². The molecule has 0 aromatic heterocycles. The zero-order chi connectivity index (χ0) is 24.2. The number of quaternary nitrogens is 1. The summed E-state index contributed by atoms with van der Waals surface area (Å²) in [5.74, 6) is 2.28. The van der Waals surface area contributed by atoms with Gasteiger partial charge in [0.2, 0.25) is 6.79 Å². The van der Waals surface area contributed by atoms with Crippen LogP contribution in [0.5, 0.6) is 23.0 Å². The fourth-order valence-electron chi connectivity index (χ4n) is 6.09. The summed E-state index contributed by atoms with van der Waals surface area (Å²) in [6, 6.07) is 16.0. The van der Waals surface area contributed by atoms with Gasteiger partial charge in [0.15, 0.2) is 23.0 Å². The predicted octanol–water partition coefficient (Wildman–Crippen LogP) is 4.50. The maximum Gasteiger partial charge on any atom is 0.335 e. The quantitative estimate of drug-likeness (QED) is 0.549. The van der Waals surface area contributed by atoms with Gasteiger partial charge in [0, 0.05) is 24.0 Å². The second kappa shape index (κ2) is 8.20. The average Bonchev–Trinajstić information content (AvgIpc) is 3.33. The summed E-state index contributed by atoms with van der Waals surface area (Å²) in [6.45, 7) is 2.81. The second-order valence-corrected chi connectivity index (χ2v) is 9.57. The van der Waals surface area contributed by atoms with Gasteiger partial charge < -0.3 is 28.5 Å². The SMILES string of the molecule is COc1ccc2c(c1OC)C[N+]1(Cc3ccc(C(=O)O)cc3)CCc3cc4c(cc3C1C2)OCO4. The zero-order valence-corrected chi connectivity index (χ0v) is 19.9. The number of carboxylic acid groups (broad SMARTS) is 1. The maximum absolute atomic E-state index is 11.4. The third-order valence-corrected chi connectivity index (χ3v) is 7.81. The van der Waals surface area contributed by atoms with Crippen LogP contribution in [0.4, 0.5) is 0 Å². The molecule has 3 heterocycles. The van der Waals surface area contributed by atoms with Crippen molar-refractivity contribution in [1.82, 2.24) is 0 Å². The number of nitrogens with zero attached hydrogens (tertiary/aromatic N) is 1. The summed E-state index contributed by atoms with van der Waals surface area (Å²) in [5.41, 5.74) is 6.51. The molecule has 0 aliphatic carbocycles. The number of carboxylic acids is 1. The molecule has 0 bridgehead atoms. The van der Waals surface area contributed by atoms with Gasteiger partial charge in [0.25, 0.3) is 0 Å². The molecular formula is C28H28NO6+. The van der Waals surface area contributed by atoms with Gasteiger partial charge in [-0.3, -0.25) is 0 Å². The summed E-state index contributed by atoms with van der Waals surface area (Å²) in [5, 5.41) is 9.33. The van der Waals surface area contributed by atoms with Crippen molar-refractivity contribution in [3.8, 4) is 23.0 Å². The molecule has 7 nitrogen and oxygen atoms in total. The fourth-order valence-corrected chi connectivity index (χ4v) is 6.09. The highest BCUT2D eigenvalue weighted by Gasteiger charge is 2.47. The number of hydrogen-bond donors (Lipinski definition) is 1. The van der Waals surface area contributed by atoms with Crippen LogP contribution in [0.15, 0.2) is 48.5 Å². The number of ether oxygens (including phenoxy) is 4. The molecular weight excluding hydrogens is 446 g/mol. The van der Waals surface area contributed by atoms with E-state index in [9.17, 15) is 9.90 Å². The molecule has 3 aromatic rings. The summed E-state index contributed by atoms with van der Waals surface area (Å²) in [6.07, 6.45) is 1.80. The highest BCUT2D eigenvalue weighted by molar-refractivity contribution is 5.87. The molecule has 3 aliphatic heterocycles. The number of rotatable bonds is 5. The molecule has 6 rings (SSSR count). The largest absolute Gasteiger partial charge is 0.493 e. The van der Waals surface area contributed by atoms with Gasteiger partial charge in [-0.2, -0.15) is 0 Å². The standard InChI is InChI=1S/C28H27NO6/c1-32-24-8-7-19-11-23-21-13-26-25(34-16-35-26)12-20(21)9-10-29(23,15-22(19)27(24)33-2)14-17-3-5-18(6-4-17)28(30)31/h3-8,12-13,23H,9-11,14-16H2,1-2H3/p+1. The van der Waals surface area contributed by atoms with Crippen LogP contribution < -0.4 is 18.9 Å². The van der Waals surface area contributed by atoms with E-state index < -0.39 is 5.97 Å². The van der Waals surface area contributed by atoms with Crippen LogP contribution in [-0.4, -0.2) is 43.1 Å². The van der Waals surface area contributed by atoms with Gasteiger partial charge in [0.1, 0.15) is 19.1 Å². The van der Waals surface area contributed by atoms with Gasteiger partial charge in [-0.15, -0.1) is 0 Å². The lowest BCUT2D eigenvalue weighted by molar-refractivity contribution is -0.985. The van der Waals surface area contributed by atoms with E-state index >= 15 is 0 Å². The third kappa shape index (κ3) is 3.49. The number of methoxy groups -OCH3 is 2. The van der Waals surface area contributed by atoms with E-state index in [0.29, 0.717) is 5.56 Å². The van der Waals surface area contributed by atoms with E-state index in [2.05, 4.69) is 18.2 Å². The Balaban J connectivity index is 1.48. The van der Waals surface area contributed by atoms with Crippen molar-refractivity contribution in [3.05, 3.63) is 81.9 Å². The molecule has 1 N–H and O–H groups in total. The van der Waals surface area contributed by atoms with E-state index in [1.165, 1.54) is 22.3 Å². The molecule has 0 amide bonds. The molecule has 180 valence electrons. The first-order valence-corrected chi connectivity index (χ1v) is 11.8. The van der Waals surface area contributed by atoms with Gasteiger partial charge in [-0.1, -0.05) is 18.2 Å². The summed E-state index contributed by atoms with van der Waals surface area (Å²) >= 11 is 0. The highest BCUT2D eigenvalue weighted by Crippen LogP contribution is 2.51. The Kier molecular flexibility index (Phi) is 5.11. The minimum atomic E-state index is -0.909. The van der Waals surface area contributed by atoms with Crippen LogP contribution in [0.3, 0.4) is 0 Å². The molecule has 0 saturated carbocycles. The minimum absolute atomic E-state index is 0.234. The van der Waals surface area contributed by atoms with Gasteiger partial charge in [-0.25, -0.2) is 4.79 Å². The van der Waals surface area contributed by atoms with Gasteiger partial charge in [0.05, 0.1) is 31.9 Å². The maximum atomic E-state index is 11.4. The fraction of sp³-hybridized carbons (Fsp3) is 0.321. The topological polar surface area (TPSA) is 74.2 Å². The van der Waals surface area contributed by atoms with Crippen molar-refractivity contribution >= 4 is 5.97 Å². The van der Waals surface area contributed by atoms with E-state index in [-0.39, 0.29) is 12.8 Å². The summed E-state index contributed by atoms with van der Waals surface area (Å²) in [4.78, 5) is 11.4. The molecule has 2 unspecified atom stereocenters. The van der Waals surface area contributed by atoms with Crippen molar-refractivity contribution in [2.45, 2.75) is 32.0 Å². The minimum Gasteiger partial charge on any atom is -0.493 e. The van der Waals surface area contributed by atoms with E-state index in [1.807, 2.05) is 18.2 Å². The zero-order valence-electron chi connectivity index (χ0n) is 19.9. The van der Waals surface area contributed by atoms with E-state index in [4.69, 9.17) is 18.9 Å². The van der Waals surface area contributed by atoms with Crippen LogP contribution in [0, 0.1) is 0 Å². The third-order valence-electron chi connectivity index (χ3n) is 7.81. The second-order valence-electron chi connectivity index (χ2n) is 9.57. The Bertz CT molecular complexity index is 1320. The average molecular weight is 475 g/mol. The Labute approximate surface area is 204 Å². The Morgan fingerprint density at radius 3 is 2.51 bits per heavy atom. The lowest BCUT2D eigenvalue weighted by atomic mass is 9.80. The lowest BCUT2D eigenvalue weighted by Crippen LogP contribution is -2.55. The van der Waals surface area contributed by atoms with Crippen molar-refractivity contribution in [1.29, 1.82) is 0 Å². The first kappa shape index (κ1) is 21.8. The Morgan fingerprint density at radius 2 is 1.80 bits per heavy atom. The first-order valence-electron chi connectivity index (χ1n) is 11.8. The summed E-state index contributed by atoms with van der Waals surface area (Å²) < 4.78 is 23.7. The van der Waals surface area contributed by atoms with Gasteiger partial charge in [-0.05, 0) is 41.5 Å². The highest BCUT2D eigenvalue weighted by atomic mass is 16.7. The number of hydrogen-bond acceptors (Lipinski definition) is 5. The lowest BCUT2D eigenvalue weighted by Gasteiger charge is -2.51. The predicted molar refractivity (Wildman–Crippen MR) is 128 cm³/mol. The Morgan fingerprint density at radius 1 is 1.03 bits per heavy atom. The molecule has 0 radical (unpaired) electrons. The smallest absolute Gasteiger partial charge is 0.335 e. The van der Waals surface area contributed by atoms with E-state index in [1.54, 1.807) is 26.4 Å². The van der Waals surface area contributed by atoms with Crippen LogP contribution in [0.2, 0.25) is 0 Å². The van der Waals surface area contributed by atoms with Crippen LogP contribution in [0.25, 0.3) is 0 Å². The van der Waals surface area contributed by atoms with Crippen molar-refractivity contribution in [3.63, 3.8) is 0 Å². The van der Waals surface area contributed by atoms with E-state index in [0.717, 1.165) is 65.5 Å². The number of aromatic carboxylic acids is 1. The molecule has 35 heavy (non-hydrogen) atoms. The van der Waals surface area contributed by atoms with Crippen molar-refractivity contribution in [2.24, 2.45) is 0 Å². The Hall–Kier alpha value is -3.71. The van der Waals surface area contributed by atoms with Gasteiger partial charge >= 0.3 is 5.97 Å². The molecule has 3 aromatic carbocycles. The molecule has 0 fully saturated rings. The molecule has 3 aliphatic rings. The monoisotopic (exact) mass is 474 g/mol. The normalized spacial score (nSPS) is 21.5.